The third-order valence-electron chi connectivity index (χ3n) is 7.17. The van der Waals surface area contributed by atoms with Gasteiger partial charge in [-0.05, 0) is 68.0 Å². The average molecular weight is 578 g/mol. The Balaban J connectivity index is 1.35. The molecule has 0 aliphatic heterocycles. The molecule has 2 aromatic carbocycles. The molecule has 10 heteroatoms. The van der Waals surface area contributed by atoms with Crippen molar-refractivity contribution in [1.82, 2.24) is 30.0 Å². The van der Waals surface area contributed by atoms with Crippen LogP contribution < -0.4 is 10.1 Å². The maximum atomic E-state index is 14.7. The second-order valence-corrected chi connectivity index (χ2v) is 10.7. The van der Waals surface area contributed by atoms with Crippen molar-refractivity contribution in [1.29, 1.82) is 0 Å². The summed E-state index contributed by atoms with van der Waals surface area (Å²) in [5.41, 5.74) is 6.98. The van der Waals surface area contributed by atoms with Crippen LogP contribution in [0.2, 0.25) is 0 Å². The van der Waals surface area contributed by atoms with Gasteiger partial charge in [0.15, 0.2) is 5.65 Å². The van der Waals surface area contributed by atoms with E-state index in [1.165, 1.54) is 12.1 Å². The molecule has 0 atom stereocenters. The predicted molar refractivity (Wildman–Crippen MR) is 167 cm³/mol. The lowest BCUT2D eigenvalue weighted by Crippen LogP contribution is -2.19. The molecular weight excluding hydrogens is 545 g/mol. The van der Waals surface area contributed by atoms with E-state index in [1.807, 2.05) is 68.4 Å². The molecule has 1 amide bonds. The van der Waals surface area contributed by atoms with E-state index in [2.05, 4.69) is 30.5 Å². The van der Waals surface area contributed by atoms with E-state index in [9.17, 15) is 9.18 Å². The van der Waals surface area contributed by atoms with Gasteiger partial charge in [-0.1, -0.05) is 19.1 Å². The number of aromatic amines is 2. The highest BCUT2D eigenvalue weighted by Crippen LogP contribution is 2.36. The van der Waals surface area contributed by atoms with Crippen molar-refractivity contribution in [2.75, 3.05) is 32.6 Å². The Kier molecular flexibility index (Phi) is 7.84. The molecule has 0 spiro atoms. The highest BCUT2D eigenvalue weighted by atomic mass is 19.1. The number of hydrogen-bond donors (Lipinski definition) is 3. The van der Waals surface area contributed by atoms with Gasteiger partial charge in [0, 0.05) is 58.8 Å². The number of fused-ring (bicyclic) bond motifs is 2. The average Bonchev–Trinajstić information content (AvgIpc) is 3.60. The SMILES string of the molecule is CCCC(=O)Nc1cncc(-c2cnc3n[nH]c(-c4cc5c(-c6cc(F)cc(OCCN(C)C)c6)cccc5[nH]4)c3c2)c1. The minimum absolute atomic E-state index is 0.0448. The van der Waals surface area contributed by atoms with Crippen LogP contribution in [-0.2, 0) is 4.79 Å². The van der Waals surface area contributed by atoms with Gasteiger partial charge in [-0.15, -0.1) is 0 Å². The van der Waals surface area contributed by atoms with E-state index in [-0.39, 0.29) is 11.7 Å². The first kappa shape index (κ1) is 28.0. The van der Waals surface area contributed by atoms with Gasteiger partial charge in [0.2, 0.25) is 5.91 Å². The number of rotatable bonds is 10. The van der Waals surface area contributed by atoms with Crippen molar-refractivity contribution in [3.63, 3.8) is 0 Å². The van der Waals surface area contributed by atoms with Crippen LogP contribution in [0.15, 0.2) is 73.2 Å². The normalized spacial score (nSPS) is 11.5. The number of likely N-dealkylation sites (N-methyl/N-ethyl adjacent to an activating group) is 1. The van der Waals surface area contributed by atoms with Gasteiger partial charge in [0.1, 0.15) is 18.2 Å². The van der Waals surface area contributed by atoms with Crippen LogP contribution in [-0.4, -0.2) is 63.2 Å². The molecule has 4 aromatic heterocycles. The third kappa shape index (κ3) is 6.09. The fraction of sp³-hybridized carbons (Fsp3) is 0.212. The van der Waals surface area contributed by atoms with Gasteiger partial charge in [-0.25, -0.2) is 9.37 Å². The van der Waals surface area contributed by atoms with Crippen LogP contribution in [0.1, 0.15) is 19.8 Å². The molecule has 4 heterocycles. The van der Waals surface area contributed by atoms with Gasteiger partial charge >= 0.3 is 0 Å². The maximum Gasteiger partial charge on any atom is 0.224 e. The molecule has 218 valence electrons. The van der Waals surface area contributed by atoms with E-state index >= 15 is 0 Å². The monoisotopic (exact) mass is 577 g/mol. The zero-order valence-electron chi connectivity index (χ0n) is 24.2. The lowest BCUT2D eigenvalue weighted by atomic mass is 10.0. The molecule has 9 nitrogen and oxygen atoms in total. The molecule has 0 unspecified atom stereocenters. The molecule has 0 bridgehead atoms. The number of carbonyl (C=O) groups excluding carboxylic acids is 1. The number of carbonyl (C=O) groups is 1. The summed E-state index contributed by atoms with van der Waals surface area (Å²) in [4.78, 5) is 26.5. The Morgan fingerprint density at radius 1 is 1.00 bits per heavy atom. The molecule has 0 aliphatic rings. The second-order valence-electron chi connectivity index (χ2n) is 10.7. The summed E-state index contributed by atoms with van der Waals surface area (Å²) in [6.07, 6.45) is 6.34. The summed E-state index contributed by atoms with van der Waals surface area (Å²) in [6.45, 7) is 3.16. The number of benzene rings is 2. The topological polar surface area (TPSA) is 112 Å². The maximum absolute atomic E-state index is 14.7. The summed E-state index contributed by atoms with van der Waals surface area (Å²) < 4.78 is 20.5. The minimum atomic E-state index is -0.355. The van der Waals surface area contributed by atoms with Gasteiger partial charge in [0.05, 0.1) is 23.3 Å². The number of nitrogens with zero attached hydrogens (tertiary/aromatic N) is 4. The number of aromatic nitrogens is 5. The van der Waals surface area contributed by atoms with Crippen molar-refractivity contribution in [2.24, 2.45) is 0 Å². The third-order valence-corrected chi connectivity index (χ3v) is 7.17. The Labute approximate surface area is 248 Å². The van der Waals surface area contributed by atoms with Crippen molar-refractivity contribution in [3.05, 3.63) is 79.0 Å². The zero-order chi connectivity index (χ0) is 29.9. The van der Waals surface area contributed by atoms with Gasteiger partial charge in [0.25, 0.3) is 0 Å². The first-order valence-corrected chi connectivity index (χ1v) is 14.2. The molecule has 0 aliphatic carbocycles. The first-order valence-electron chi connectivity index (χ1n) is 14.2. The Morgan fingerprint density at radius 2 is 1.86 bits per heavy atom. The molecule has 6 aromatic rings. The van der Waals surface area contributed by atoms with Crippen LogP contribution in [0.3, 0.4) is 0 Å². The van der Waals surface area contributed by atoms with E-state index in [0.29, 0.717) is 30.1 Å². The van der Waals surface area contributed by atoms with Gasteiger partial charge < -0.3 is 19.9 Å². The quantitative estimate of drug-likeness (QED) is 0.168. The highest BCUT2D eigenvalue weighted by Gasteiger charge is 2.16. The van der Waals surface area contributed by atoms with Crippen LogP contribution in [0.5, 0.6) is 5.75 Å². The summed E-state index contributed by atoms with van der Waals surface area (Å²) in [5, 5.41) is 12.2. The lowest BCUT2D eigenvalue weighted by molar-refractivity contribution is -0.116. The fourth-order valence-corrected chi connectivity index (χ4v) is 5.07. The number of amides is 1. The molecule has 0 fully saturated rings. The molecule has 0 radical (unpaired) electrons. The summed E-state index contributed by atoms with van der Waals surface area (Å²) >= 11 is 0. The minimum Gasteiger partial charge on any atom is -0.492 e. The molecular formula is C33H32FN7O2. The summed E-state index contributed by atoms with van der Waals surface area (Å²) in [7, 11) is 3.93. The number of pyridine rings is 2. The van der Waals surface area contributed by atoms with Gasteiger partial charge in [-0.2, -0.15) is 5.10 Å². The summed E-state index contributed by atoms with van der Waals surface area (Å²) in [6, 6.07) is 16.6. The van der Waals surface area contributed by atoms with E-state index < -0.39 is 0 Å². The zero-order valence-corrected chi connectivity index (χ0v) is 24.2. The Bertz CT molecular complexity index is 1930. The second kappa shape index (κ2) is 12.0. The van der Waals surface area contributed by atoms with Crippen LogP contribution in [0.4, 0.5) is 10.1 Å². The standard InChI is InChI=1S/C33H32FN7O2/c1-4-6-31(42)37-24-12-21(17-35-19-24)22-14-28-32(39-40-33(28)36-18-22)30-16-27-26(7-5-8-29(27)38-30)20-11-23(34)15-25(13-20)43-10-9-41(2)3/h5,7-8,11-19,38H,4,6,9-10H2,1-3H3,(H,37,42)(H,36,39,40). The van der Waals surface area contributed by atoms with Crippen molar-refractivity contribution in [3.8, 4) is 39.4 Å². The largest absolute Gasteiger partial charge is 0.492 e. The smallest absolute Gasteiger partial charge is 0.224 e. The molecule has 3 N–H and O–H groups in total. The van der Waals surface area contributed by atoms with Crippen LogP contribution in [0, 0.1) is 5.82 Å². The highest BCUT2D eigenvalue weighted by molar-refractivity contribution is 6.01. The predicted octanol–water partition coefficient (Wildman–Crippen LogP) is 6.65. The number of nitrogens with one attached hydrogen (secondary N) is 3. The lowest BCUT2D eigenvalue weighted by Gasteiger charge is -2.12. The van der Waals surface area contributed by atoms with E-state index in [1.54, 1.807) is 18.6 Å². The van der Waals surface area contributed by atoms with Crippen molar-refractivity contribution >= 4 is 33.5 Å². The molecule has 43 heavy (non-hydrogen) atoms. The molecule has 0 saturated heterocycles. The number of ether oxygens (including phenoxy) is 1. The van der Waals surface area contributed by atoms with E-state index in [4.69, 9.17) is 4.74 Å². The van der Waals surface area contributed by atoms with Crippen LogP contribution in [0.25, 0.3) is 55.6 Å². The summed E-state index contributed by atoms with van der Waals surface area (Å²) in [5.74, 6) is 0.0923. The van der Waals surface area contributed by atoms with Gasteiger partial charge in [-0.3, -0.25) is 14.9 Å². The van der Waals surface area contributed by atoms with Crippen molar-refractivity contribution in [2.45, 2.75) is 19.8 Å². The number of H-pyrrole nitrogens is 2. The Hall–Kier alpha value is -5.09. The fourth-order valence-electron chi connectivity index (χ4n) is 5.07. The molecule has 0 saturated carbocycles. The molecule has 6 rings (SSSR count). The number of halogens is 1. The number of hydrogen-bond acceptors (Lipinski definition) is 6. The van der Waals surface area contributed by atoms with Crippen LogP contribution >= 0.6 is 0 Å². The first-order chi connectivity index (χ1) is 20.9. The van der Waals surface area contributed by atoms with Crippen molar-refractivity contribution < 1.29 is 13.9 Å². The number of anilines is 1. The van der Waals surface area contributed by atoms with E-state index in [0.717, 1.165) is 62.9 Å². The Morgan fingerprint density at radius 3 is 2.70 bits per heavy atom.